The normalized spacial score (nSPS) is 9.87. The summed E-state index contributed by atoms with van der Waals surface area (Å²) in [6.07, 6.45) is -0.101. The quantitative estimate of drug-likeness (QED) is 0.548. The summed E-state index contributed by atoms with van der Waals surface area (Å²) in [6.45, 7) is 3.57. The first-order chi connectivity index (χ1) is 10.9. The standard InChI is InChI=1S/C15H19BrN2O5/c1-3-22-15(21)7-6-13(19)17-18-14(20)9-23-12-5-4-11(16)8-10(12)2/h4-5,8H,3,6-7,9H2,1-2H3,(H,17,19)(H,18,20). The Morgan fingerprint density at radius 1 is 1.13 bits per heavy atom. The Kier molecular flexibility index (Phi) is 8.10. The number of carbonyl (C=O) groups excluding carboxylic acids is 3. The van der Waals surface area contributed by atoms with Crippen molar-refractivity contribution in [2.75, 3.05) is 13.2 Å². The molecule has 23 heavy (non-hydrogen) atoms. The molecule has 2 N–H and O–H groups in total. The average Bonchev–Trinajstić information content (AvgIpc) is 2.50. The minimum atomic E-state index is -0.503. The molecule has 0 atom stereocenters. The third-order valence-corrected chi connectivity index (χ3v) is 3.19. The van der Waals surface area contributed by atoms with Gasteiger partial charge in [0.2, 0.25) is 5.91 Å². The first kappa shape index (κ1) is 19.0. The largest absolute Gasteiger partial charge is 0.483 e. The lowest BCUT2D eigenvalue weighted by Crippen LogP contribution is -2.43. The number of hydrogen-bond donors (Lipinski definition) is 2. The monoisotopic (exact) mass is 386 g/mol. The van der Waals surface area contributed by atoms with E-state index in [1.54, 1.807) is 19.1 Å². The van der Waals surface area contributed by atoms with Crippen LogP contribution >= 0.6 is 15.9 Å². The molecule has 7 nitrogen and oxygen atoms in total. The summed E-state index contributed by atoms with van der Waals surface area (Å²) in [7, 11) is 0. The molecule has 2 amide bonds. The lowest BCUT2D eigenvalue weighted by molar-refractivity contribution is -0.144. The van der Waals surface area contributed by atoms with E-state index in [4.69, 9.17) is 9.47 Å². The van der Waals surface area contributed by atoms with Gasteiger partial charge in [0, 0.05) is 10.9 Å². The number of amides is 2. The average molecular weight is 387 g/mol. The Morgan fingerprint density at radius 3 is 2.48 bits per heavy atom. The second-order valence-electron chi connectivity index (χ2n) is 4.60. The van der Waals surface area contributed by atoms with Crippen LogP contribution < -0.4 is 15.6 Å². The van der Waals surface area contributed by atoms with Crippen LogP contribution in [0.15, 0.2) is 22.7 Å². The van der Waals surface area contributed by atoms with Crippen LogP contribution in [-0.2, 0) is 19.1 Å². The van der Waals surface area contributed by atoms with E-state index in [-0.39, 0.29) is 26.1 Å². The molecule has 0 fully saturated rings. The zero-order valence-electron chi connectivity index (χ0n) is 13.0. The highest BCUT2D eigenvalue weighted by atomic mass is 79.9. The molecule has 1 aromatic rings. The highest BCUT2D eigenvalue weighted by Gasteiger charge is 2.09. The Bertz CT molecular complexity index is 577. The first-order valence-corrected chi connectivity index (χ1v) is 7.84. The van der Waals surface area contributed by atoms with Crippen LogP contribution in [0.4, 0.5) is 0 Å². The van der Waals surface area contributed by atoms with E-state index in [0.29, 0.717) is 5.75 Å². The van der Waals surface area contributed by atoms with E-state index < -0.39 is 17.8 Å². The third kappa shape index (κ3) is 7.64. The molecule has 0 aliphatic heterocycles. The fourth-order valence-electron chi connectivity index (χ4n) is 1.60. The van der Waals surface area contributed by atoms with Gasteiger partial charge in [0.1, 0.15) is 5.75 Å². The van der Waals surface area contributed by atoms with Crippen LogP contribution in [0.3, 0.4) is 0 Å². The van der Waals surface area contributed by atoms with Crippen molar-refractivity contribution < 1.29 is 23.9 Å². The second-order valence-corrected chi connectivity index (χ2v) is 5.52. The van der Waals surface area contributed by atoms with Gasteiger partial charge >= 0.3 is 5.97 Å². The van der Waals surface area contributed by atoms with E-state index in [1.807, 2.05) is 13.0 Å². The Labute approximate surface area is 142 Å². The molecule has 0 saturated heterocycles. The number of hydrazine groups is 1. The molecule has 0 spiro atoms. The van der Waals surface area contributed by atoms with E-state index in [0.717, 1.165) is 10.0 Å². The Morgan fingerprint density at radius 2 is 1.83 bits per heavy atom. The molecule has 0 radical (unpaired) electrons. The van der Waals surface area contributed by atoms with Crippen LogP contribution in [-0.4, -0.2) is 31.0 Å². The van der Waals surface area contributed by atoms with E-state index in [2.05, 4.69) is 26.8 Å². The zero-order valence-corrected chi connectivity index (χ0v) is 14.6. The molecular formula is C15H19BrN2O5. The van der Waals surface area contributed by atoms with Crippen molar-refractivity contribution in [3.63, 3.8) is 0 Å². The summed E-state index contributed by atoms with van der Waals surface area (Å²) < 4.78 is 11.0. The number of carbonyl (C=O) groups is 3. The molecule has 0 heterocycles. The van der Waals surface area contributed by atoms with Crippen LogP contribution in [0.5, 0.6) is 5.75 Å². The predicted molar refractivity (Wildman–Crippen MR) is 86.5 cm³/mol. The molecule has 1 aromatic carbocycles. The van der Waals surface area contributed by atoms with Gasteiger partial charge in [-0.25, -0.2) is 0 Å². The summed E-state index contributed by atoms with van der Waals surface area (Å²) in [5, 5.41) is 0. The Hall–Kier alpha value is -2.09. The van der Waals surface area contributed by atoms with Gasteiger partial charge in [-0.3, -0.25) is 25.2 Å². The van der Waals surface area contributed by atoms with Crippen molar-refractivity contribution in [3.05, 3.63) is 28.2 Å². The molecule has 0 aromatic heterocycles. The van der Waals surface area contributed by atoms with Gasteiger partial charge in [-0.05, 0) is 37.6 Å². The predicted octanol–water partition coefficient (Wildman–Crippen LogP) is 1.63. The van der Waals surface area contributed by atoms with Gasteiger partial charge in [0.05, 0.1) is 13.0 Å². The summed E-state index contributed by atoms with van der Waals surface area (Å²) in [4.78, 5) is 34.1. The molecule has 0 bridgehead atoms. The molecule has 126 valence electrons. The molecule has 0 aliphatic carbocycles. The molecular weight excluding hydrogens is 368 g/mol. The maximum Gasteiger partial charge on any atom is 0.306 e. The fraction of sp³-hybridized carbons (Fsp3) is 0.400. The highest BCUT2D eigenvalue weighted by Crippen LogP contribution is 2.21. The third-order valence-electron chi connectivity index (χ3n) is 2.70. The molecule has 0 unspecified atom stereocenters. The number of halogens is 1. The number of benzene rings is 1. The van der Waals surface area contributed by atoms with Gasteiger partial charge in [-0.15, -0.1) is 0 Å². The molecule has 0 saturated carbocycles. The van der Waals surface area contributed by atoms with E-state index in [1.165, 1.54) is 0 Å². The van der Waals surface area contributed by atoms with Crippen molar-refractivity contribution >= 4 is 33.7 Å². The maximum absolute atomic E-state index is 11.6. The minimum absolute atomic E-state index is 0.0376. The Balaban J connectivity index is 2.26. The number of aryl methyl sites for hydroxylation is 1. The number of nitrogens with one attached hydrogen (secondary N) is 2. The first-order valence-electron chi connectivity index (χ1n) is 7.04. The smallest absolute Gasteiger partial charge is 0.306 e. The number of rotatable bonds is 7. The summed E-state index contributed by atoms with van der Waals surface area (Å²) in [5.41, 5.74) is 5.30. The van der Waals surface area contributed by atoms with Crippen LogP contribution in [0.2, 0.25) is 0 Å². The maximum atomic E-state index is 11.6. The fourth-order valence-corrected chi connectivity index (χ4v) is 2.08. The number of ether oxygens (including phenoxy) is 2. The summed E-state index contributed by atoms with van der Waals surface area (Å²) in [6, 6.07) is 5.41. The summed E-state index contributed by atoms with van der Waals surface area (Å²) in [5.74, 6) is -0.858. The van der Waals surface area contributed by atoms with Gasteiger partial charge in [0.15, 0.2) is 6.61 Å². The zero-order chi connectivity index (χ0) is 17.2. The van der Waals surface area contributed by atoms with Crippen molar-refractivity contribution in [1.29, 1.82) is 0 Å². The molecule has 0 aliphatic rings. The highest BCUT2D eigenvalue weighted by molar-refractivity contribution is 9.10. The van der Waals surface area contributed by atoms with Crippen LogP contribution in [0.25, 0.3) is 0 Å². The van der Waals surface area contributed by atoms with E-state index >= 15 is 0 Å². The number of esters is 1. The van der Waals surface area contributed by atoms with Gasteiger partial charge < -0.3 is 9.47 Å². The van der Waals surface area contributed by atoms with Gasteiger partial charge in [0.25, 0.3) is 5.91 Å². The second kappa shape index (κ2) is 9.83. The van der Waals surface area contributed by atoms with Crippen molar-refractivity contribution in [2.45, 2.75) is 26.7 Å². The topological polar surface area (TPSA) is 93.7 Å². The van der Waals surface area contributed by atoms with Crippen molar-refractivity contribution in [2.24, 2.45) is 0 Å². The van der Waals surface area contributed by atoms with Crippen molar-refractivity contribution in [1.82, 2.24) is 10.9 Å². The van der Waals surface area contributed by atoms with E-state index in [9.17, 15) is 14.4 Å². The lowest BCUT2D eigenvalue weighted by atomic mass is 10.2. The lowest BCUT2D eigenvalue weighted by Gasteiger charge is -2.10. The van der Waals surface area contributed by atoms with Crippen molar-refractivity contribution in [3.8, 4) is 5.75 Å². The number of hydrogen-bond acceptors (Lipinski definition) is 5. The minimum Gasteiger partial charge on any atom is -0.483 e. The summed E-state index contributed by atoms with van der Waals surface area (Å²) >= 11 is 3.34. The SMILES string of the molecule is CCOC(=O)CCC(=O)NNC(=O)COc1ccc(Br)cc1C. The van der Waals surface area contributed by atoms with Crippen LogP contribution in [0.1, 0.15) is 25.3 Å². The van der Waals surface area contributed by atoms with Crippen LogP contribution in [0, 0.1) is 6.92 Å². The molecule has 8 heteroatoms. The van der Waals surface area contributed by atoms with Gasteiger partial charge in [-0.2, -0.15) is 0 Å². The van der Waals surface area contributed by atoms with Gasteiger partial charge in [-0.1, -0.05) is 15.9 Å². The molecule has 1 rings (SSSR count).